The lowest BCUT2D eigenvalue weighted by atomic mass is 10.1. The van der Waals surface area contributed by atoms with Crippen molar-refractivity contribution < 1.29 is 24.5 Å². The molecule has 7 heteroatoms. The Morgan fingerprint density at radius 1 is 1.09 bits per heavy atom. The normalized spacial score (nSPS) is 17.1. The Labute approximate surface area is 192 Å². The lowest BCUT2D eigenvalue weighted by Crippen LogP contribution is -2.26. The largest absolute Gasteiger partial charge is 0.508 e. The first kappa shape index (κ1) is 21.2. The molecule has 0 radical (unpaired) electrons. The second-order valence-corrected chi connectivity index (χ2v) is 8.42. The summed E-state index contributed by atoms with van der Waals surface area (Å²) in [6, 6.07) is 18.3. The van der Waals surface area contributed by atoms with Crippen LogP contribution in [0.5, 0.6) is 17.2 Å². The third-order valence-electron chi connectivity index (χ3n) is 6.08. The highest BCUT2D eigenvalue weighted by Gasteiger charge is 2.31. The van der Waals surface area contributed by atoms with Crippen LogP contribution < -0.4 is 10.1 Å². The summed E-state index contributed by atoms with van der Waals surface area (Å²) < 4.78 is 11.3. The summed E-state index contributed by atoms with van der Waals surface area (Å²) in [6.45, 7) is 2.49. The van der Waals surface area contributed by atoms with Crippen molar-refractivity contribution in [2.24, 2.45) is 0 Å². The number of carbonyl (C=O) groups excluding carboxylic acids is 1. The Balaban J connectivity index is 1.38. The van der Waals surface area contributed by atoms with Gasteiger partial charge in [-0.25, -0.2) is 0 Å². The van der Waals surface area contributed by atoms with E-state index in [1.165, 1.54) is 12.1 Å². The molecule has 0 saturated carbocycles. The van der Waals surface area contributed by atoms with Crippen LogP contribution in [0.4, 0.5) is 5.69 Å². The maximum atomic E-state index is 13.5. The van der Waals surface area contributed by atoms with Crippen molar-refractivity contribution in [3.05, 3.63) is 82.9 Å². The molecule has 3 N–H and O–H groups in total. The molecule has 2 heterocycles. The molecule has 2 aliphatic heterocycles. The number of amides is 1. The summed E-state index contributed by atoms with van der Waals surface area (Å²) in [5.41, 5.74) is 4.11. The first-order chi connectivity index (χ1) is 16.1. The molecule has 0 aliphatic carbocycles. The highest BCUT2D eigenvalue weighted by atomic mass is 16.5. The van der Waals surface area contributed by atoms with Crippen LogP contribution in [0.25, 0.3) is 0 Å². The zero-order valence-corrected chi connectivity index (χ0v) is 18.2. The third kappa shape index (κ3) is 4.45. The third-order valence-corrected chi connectivity index (χ3v) is 6.08. The van der Waals surface area contributed by atoms with Gasteiger partial charge in [0.2, 0.25) is 0 Å². The molecule has 1 atom stereocenters. The number of nitrogens with zero attached hydrogens (tertiary/aromatic N) is 1. The van der Waals surface area contributed by atoms with Crippen LogP contribution >= 0.6 is 0 Å². The van der Waals surface area contributed by atoms with Gasteiger partial charge in [0.1, 0.15) is 29.4 Å². The molecular weight excluding hydrogens is 420 g/mol. The number of nitrogens with one attached hydrogen (secondary N) is 1. The van der Waals surface area contributed by atoms with Crippen molar-refractivity contribution in [3.63, 3.8) is 0 Å². The van der Waals surface area contributed by atoms with Gasteiger partial charge in [-0.2, -0.15) is 0 Å². The minimum absolute atomic E-state index is 0.0511. The van der Waals surface area contributed by atoms with E-state index in [9.17, 15) is 15.0 Å². The topological polar surface area (TPSA) is 91.3 Å². The van der Waals surface area contributed by atoms with E-state index in [2.05, 4.69) is 5.32 Å². The second kappa shape index (κ2) is 9.03. The van der Waals surface area contributed by atoms with Crippen LogP contribution in [0.2, 0.25) is 0 Å². The molecule has 5 rings (SSSR count). The first-order valence-electron chi connectivity index (χ1n) is 11.1. The standard InChI is InChI=1S/C26H26N2O5/c29-20-11-23(30)25(24(12-20)33-15-17-5-2-1-3-6-17)26(31)28-13-18-7-4-8-22(21(18)14-28)27-19-9-10-32-16-19/h1-8,11-12,19,27,29-30H,9-10,13-16H2/t19-/m1/s1. The fourth-order valence-electron chi connectivity index (χ4n) is 4.38. The lowest BCUT2D eigenvalue weighted by molar-refractivity contribution is 0.0743. The Kier molecular flexibility index (Phi) is 5.79. The van der Waals surface area contributed by atoms with E-state index in [1.54, 1.807) is 4.90 Å². The molecular formula is C26H26N2O5. The van der Waals surface area contributed by atoms with Gasteiger partial charge in [-0.15, -0.1) is 0 Å². The van der Waals surface area contributed by atoms with Gasteiger partial charge in [0, 0.05) is 37.5 Å². The van der Waals surface area contributed by atoms with Gasteiger partial charge >= 0.3 is 0 Å². The number of fused-ring (bicyclic) bond motifs is 1. The van der Waals surface area contributed by atoms with Gasteiger partial charge in [0.15, 0.2) is 0 Å². The van der Waals surface area contributed by atoms with Crippen molar-refractivity contribution >= 4 is 11.6 Å². The smallest absolute Gasteiger partial charge is 0.262 e. The highest BCUT2D eigenvalue weighted by Crippen LogP contribution is 2.37. The van der Waals surface area contributed by atoms with Gasteiger partial charge in [-0.1, -0.05) is 42.5 Å². The van der Waals surface area contributed by atoms with E-state index in [4.69, 9.17) is 9.47 Å². The number of benzene rings is 3. The predicted octanol–water partition coefficient (Wildman–Crippen LogP) is 4.03. The molecule has 2 aliphatic rings. The molecule has 1 amide bonds. The quantitative estimate of drug-likeness (QED) is 0.530. The maximum absolute atomic E-state index is 13.5. The fraction of sp³-hybridized carbons (Fsp3) is 0.269. The predicted molar refractivity (Wildman–Crippen MR) is 123 cm³/mol. The van der Waals surface area contributed by atoms with Gasteiger partial charge in [-0.05, 0) is 29.2 Å². The van der Waals surface area contributed by atoms with Crippen LogP contribution in [-0.4, -0.2) is 40.3 Å². The number of phenolic OH excluding ortho intramolecular Hbond substituents is 2. The molecule has 33 heavy (non-hydrogen) atoms. The molecule has 0 bridgehead atoms. The van der Waals surface area contributed by atoms with Crippen molar-refractivity contribution in [3.8, 4) is 17.2 Å². The van der Waals surface area contributed by atoms with Gasteiger partial charge in [-0.3, -0.25) is 4.79 Å². The van der Waals surface area contributed by atoms with Crippen molar-refractivity contribution in [2.75, 3.05) is 18.5 Å². The molecule has 1 fully saturated rings. The first-order valence-corrected chi connectivity index (χ1v) is 11.1. The lowest BCUT2D eigenvalue weighted by Gasteiger charge is -2.20. The molecule has 3 aromatic rings. The second-order valence-electron chi connectivity index (χ2n) is 8.42. The van der Waals surface area contributed by atoms with Crippen LogP contribution in [0.15, 0.2) is 60.7 Å². The average molecular weight is 447 g/mol. The number of phenols is 2. The summed E-state index contributed by atoms with van der Waals surface area (Å²) in [6.07, 6.45) is 0.954. The summed E-state index contributed by atoms with van der Waals surface area (Å²) >= 11 is 0. The van der Waals surface area contributed by atoms with E-state index in [0.717, 1.165) is 35.4 Å². The van der Waals surface area contributed by atoms with Crippen molar-refractivity contribution in [2.45, 2.75) is 32.2 Å². The van der Waals surface area contributed by atoms with E-state index in [1.807, 2.05) is 48.5 Å². The number of rotatable bonds is 6. The molecule has 170 valence electrons. The van der Waals surface area contributed by atoms with Crippen LogP contribution in [0.3, 0.4) is 0 Å². The maximum Gasteiger partial charge on any atom is 0.262 e. The summed E-state index contributed by atoms with van der Waals surface area (Å²) in [5.74, 6) is -0.664. The SMILES string of the molecule is O=C(c1c(O)cc(O)cc1OCc1ccccc1)N1Cc2cccc(N[C@@H]3CCOC3)c2C1. The average Bonchev–Trinajstić information content (AvgIpc) is 3.48. The minimum atomic E-state index is -0.345. The van der Waals surface area contributed by atoms with Gasteiger partial charge < -0.3 is 29.9 Å². The fourth-order valence-corrected chi connectivity index (χ4v) is 4.38. The Morgan fingerprint density at radius 3 is 2.73 bits per heavy atom. The molecule has 0 aromatic heterocycles. The molecule has 3 aromatic carbocycles. The number of ether oxygens (including phenoxy) is 2. The Bertz CT molecular complexity index is 1160. The van der Waals surface area contributed by atoms with Gasteiger partial charge in [0.05, 0.1) is 12.6 Å². The molecule has 0 spiro atoms. The van der Waals surface area contributed by atoms with E-state index >= 15 is 0 Å². The number of carbonyl (C=O) groups is 1. The molecule has 7 nitrogen and oxygen atoms in total. The van der Waals surface area contributed by atoms with Crippen molar-refractivity contribution in [1.29, 1.82) is 0 Å². The highest BCUT2D eigenvalue weighted by molar-refractivity contribution is 6.00. The Morgan fingerprint density at radius 2 is 1.94 bits per heavy atom. The van der Waals surface area contributed by atoms with Crippen molar-refractivity contribution in [1.82, 2.24) is 4.90 Å². The monoisotopic (exact) mass is 446 g/mol. The van der Waals surface area contributed by atoms with E-state index in [0.29, 0.717) is 19.7 Å². The van der Waals surface area contributed by atoms with E-state index < -0.39 is 0 Å². The van der Waals surface area contributed by atoms with Crippen LogP contribution in [0, 0.1) is 0 Å². The number of hydrogen-bond donors (Lipinski definition) is 3. The zero-order valence-electron chi connectivity index (χ0n) is 18.2. The van der Waals surface area contributed by atoms with Gasteiger partial charge in [0.25, 0.3) is 5.91 Å². The van der Waals surface area contributed by atoms with Crippen LogP contribution in [0.1, 0.15) is 33.5 Å². The summed E-state index contributed by atoms with van der Waals surface area (Å²) in [4.78, 5) is 15.2. The summed E-state index contributed by atoms with van der Waals surface area (Å²) in [5, 5.41) is 24.1. The summed E-state index contributed by atoms with van der Waals surface area (Å²) in [7, 11) is 0. The Hall–Kier alpha value is -3.71. The number of anilines is 1. The number of aromatic hydroxyl groups is 2. The molecule has 1 saturated heterocycles. The van der Waals surface area contributed by atoms with Crippen LogP contribution in [-0.2, 0) is 24.4 Å². The van der Waals surface area contributed by atoms with E-state index in [-0.39, 0.29) is 41.4 Å². The number of hydrogen-bond acceptors (Lipinski definition) is 6. The minimum Gasteiger partial charge on any atom is -0.508 e. The molecule has 0 unspecified atom stereocenters. The zero-order chi connectivity index (χ0) is 22.8.